The van der Waals surface area contributed by atoms with Crippen LogP contribution in [-0.4, -0.2) is 28.6 Å². The molecule has 0 aliphatic rings. The van der Waals surface area contributed by atoms with E-state index in [4.69, 9.17) is 11.6 Å². The number of sulfonamides is 1. The first kappa shape index (κ1) is 21.0. The zero-order valence-corrected chi connectivity index (χ0v) is 18.6. The molecule has 5 aromatic rings. The van der Waals surface area contributed by atoms with Gasteiger partial charge in [-0.25, -0.2) is 8.42 Å². The number of halogens is 1. The fraction of sp³-hybridized carbons (Fsp3) is 0.0455. The summed E-state index contributed by atoms with van der Waals surface area (Å²) in [6.07, 6.45) is 1.72. The van der Waals surface area contributed by atoms with E-state index >= 15 is 0 Å². The molecule has 0 aliphatic heterocycles. The van der Waals surface area contributed by atoms with E-state index in [1.165, 1.54) is 18.2 Å². The Labute approximate surface area is 191 Å². The van der Waals surface area contributed by atoms with Crippen LogP contribution in [-0.2, 0) is 10.0 Å². The summed E-state index contributed by atoms with van der Waals surface area (Å²) in [4.78, 5) is 27.9. The second-order valence-electron chi connectivity index (χ2n) is 7.54. The summed E-state index contributed by atoms with van der Waals surface area (Å²) in [7, 11) is -4.01. The Morgan fingerprint density at radius 2 is 1.64 bits per heavy atom. The second kappa shape index (κ2) is 7.61. The molecule has 5 rings (SSSR count). The van der Waals surface area contributed by atoms with E-state index in [0.29, 0.717) is 16.1 Å². The summed E-state index contributed by atoms with van der Waals surface area (Å²) in [5, 5.41) is 8.25. The van der Waals surface area contributed by atoms with Gasteiger partial charge < -0.3 is 9.97 Å². The third-order valence-electron chi connectivity index (χ3n) is 5.28. The monoisotopic (exact) mass is 481 g/mol. The molecule has 0 radical (unpaired) electrons. The van der Waals surface area contributed by atoms with Crippen LogP contribution in [0.4, 0.5) is 5.69 Å². The lowest BCUT2D eigenvalue weighted by Crippen LogP contribution is -2.29. The van der Waals surface area contributed by atoms with Crippen molar-refractivity contribution in [2.45, 2.75) is 11.8 Å². The standard InChI is InChI=1S/C22H16ClN5O4S/c1-11-6-18-19(26-22(30)21(29)25-18)9-20(11)33(31,32)28-14-4-5-15(16(23)8-14)12-2-3-13-10-24-27-17(13)7-12/h2-10,28H,1H3,(H,24,27)(H,25,29)(H,26,30). The number of benzene rings is 3. The first-order valence-electron chi connectivity index (χ1n) is 9.74. The summed E-state index contributed by atoms with van der Waals surface area (Å²) < 4.78 is 28.7. The van der Waals surface area contributed by atoms with E-state index < -0.39 is 21.1 Å². The van der Waals surface area contributed by atoms with E-state index in [-0.39, 0.29) is 16.1 Å². The van der Waals surface area contributed by atoms with E-state index in [2.05, 4.69) is 24.9 Å². The van der Waals surface area contributed by atoms with Gasteiger partial charge in [0.2, 0.25) is 0 Å². The second-order valence-corrected chi connectivity index (χ2v) is 9.60. The van der Waals surface area contributed by atoms with Crippen LogP contribution in [0.5, 0.6) is 0 Å². The van der Waals surface area contributed by atoms with Gasteiger partial charge in [-0.15, -0.1) is 0 Å². The van der Waals surface area contributed by atoms with Crippen molar-refractivity contribution in [3.8, 4) is 11.1 Å². The number of aromatic amines is 3. The SMILES string of the molecule is Cc1cc2[nH]c(=O)c(=O)[nH]c2cc1S(=O)(=O)Nc1ccc(-c2ccc3cn[nH]c3c2)c(Cl)c1. The highest BCUT2D eigenvalue weighted by Crippen LogP contribution is 2.33. The van der Waals surface area contributed by atoms with Crippen molar-refractivity contribution in [3.63, 3.8) is 0 Å². The number of aryl methyl sites for hydroxylation is 1. The molecule has 3 aromatic carbocycles. The summed E-state index contributed by atoms with van der Waals surface area (Å²) in [6, 6.07) is 13.4. The number of nitrogens with one attached hydrogen (secondary N) is 4. The van der Waals surface area contributed by atoms with Gasteiger partial charge in [0.25, 0.3) is 10.0 Å². The Bertz CT molecular complexity index is 1790. The van der Waals surface area contributed by atoms with Gasteiger partial charge in [0.1, 0.15) is 0 Å². The van der Waals surface area contributed by atoms with Crippen LogP contribution in [0, 0.1) is 6.92 Å². The average Bonchev–Trinajstić information content (AvgIpc) is 3.22. The lowest BCUT2D eigenvalue weighted by atomic mass is 10.0. The molecular weight excluding hydrogens is 466 g/mol. The molecule has 2 heterocycles. The highest BCUT2D eigenvalue weighted by Gasteiger charge is 2.19. The number of hydrogen-bond donors (Lipinski definition) is 4. The topological polar surface area (TPSA) is 141 Å². The number of nitrogens with zero attached hydrogens (tertiary/aromatic N) is 1. The fourth-order valence-corrected chi connectivity index (χ4v) is 5.26. The molecule has 0 bridgehead atoms. The van der Waals surface area contributed by atoms with Gasteiger partial charge in [-0.1, -0.05) is 29.8 Å². The normalized spacial score (nSPS) is 11.8. The van der Waals surface area contributed by atoms with Crippen LogP contribution < -0.4 is 15.8 Å². The van der Waals surface area contributed by atoms with Crippen LogP contribution in [0.2, 0.25) is 5.02 Å². The van der Waals surface area contributed by atoms with Gasteiger partial charge in [0.15, 0.2) is 0 Å². The molecular formula is C22H16ClN5O4S. The number of H-pyrrole nitrogens is 3. The molecule has 0 unspecified atom stereocenters. The quantitative estimate of drug-likeness (QED) is 0.291. The van der Waals surface area contributed by atoms with Gasteiger partial charge in [0.05, 0.1) is 38.4 Å². The number of fused-ring (bicyclic) bond motifs is 2. The maximum atomic E-state index is 13.1. The Kier molecular flexibility index (Phi) is 4.84. The molecule has 4 N–H and O–H groups in total. The summed E-state index contributed by atoms with van der Waals surface area (Å²) in [5.41, 5.74) is 1.99. The number of anilines is 1. The van der Waals surface area contributed by atoms with Gasteiger partial charge in [0, 0.05) is 10.9 Å². The third-order valence-corrected chi connectivity index (χ3v) is 7.12. The largest absolute Gasteiger partial charge is 0.316 e. The number of rotatable bonds is 4. The fourth-order valence-electron chi connectivity index (χ4n) is 3.67. The molecule has 11 heteroatoms. The van der Waals surface area contributed by atoms with E-state index in [0.717, 1.165) is 22.0 Å². The molecule has 0 aliphatic carbocycles. The molecule has 0 amide bonds. The van der Waals surface area contributed by atoms with Crippen molar-refractivity contribution in [1.82, 2.24) is 20.2 Å². The van der Waals surface area contributed by atoms with Crippen molar-refractivity contribution in [3.05, 3.63) is 86.0 Å². The molecule has 2 aromatic heterocycles. The first-order chi connectivity index (χ1) is 15.7. The third kappa shape index (κ3) is 3.79. The molecule has 33 heavy (non-hydrogen) atoms. The van der Waals surface area contributed by atoms with Gasteiger partial charge in [-0.05, 0) is 48.4 Å². The van der Waals surface area contributed by atoms with Crippen LogP contribution in [0.25, 0.3) is 33.1 Å². The van der Waals surface area contributed by atoms with Crippen LogP contribution in [0.3, 0.4) is 0 Å². The molecule has 0 fully saturated rings. The summed E-state index contributed by atoms with van der Waals surface area (Å²) in [6.45, 7) is 1.60. The lowest BCUT2D eigenvalue weighted by Gasteiger charge is -2.13. The van der Waals surface area contributed by atoms with E-state index in [1.807, 2.05) is 18.2 Å². The molecule has 166 valence electrons. The Hall–Kier alpha value is -3.89. The molecule has 0 atom stereocenters. The maximum absolute atomic E-state index is 13.1. The Morgan fingerprint density at radius 1 is 0.909 bits per heavy atom. The predicted molar refractivity (Wildman–Crippen MR) is 127 cm³/mol. The minimum absolute atomic E-state index is 0.0393. The van der Waals surface area contributed by atoms with Crippen LogP contribution in [0.1, 0.15) is 5.56 Å². The highest BCUT2D eigenvalue weighted by molar-refractivity contribution is 7.92. The van der Waals surface area contributed by atoms with Gasteiger partial charge in [-0.3, -0.25) is 19.4 Å². The number of aromatic nitrogens is 4. The average molecular weight is 482 g/mol. The van der Waals surface area contributed by atoms with Crippen molar-refractivity contribution < 1.29 is 8.42 Å². The van der Waals surface area contributed by atoms with Crippen LogP contribution >= 0.6 is 11.6 Å². The Balaban J connectivity index is 1.50. The smallest absolute Gasteiger partial charge is 0.314 e. The van der Waals surface area contributed by atoms with Gasteiger partial charge >= 0.3 is 11.1 Å². The van der Waals surface area contributed by atoms with E-state index in [9.17, 15) is 18.0 Å². The first-order valence-corrected chi connectivity index (χ1v) is 11.6. The highest BCUT2D eigenvalue weighted by atomic mass is 35.5. The molecule has 0 saturated heterocycles. The summed E-state index contributed by atoms with van der Waals surface area (Å²) >= 11 is 6.47. The summed E-state index contributed by atoms with van der Waals surface area (Å²) in [5.74, 6) is 0. The molecule has 0 spiro atoms. The van der Waals surface area contributed by atoms with Crippen molar-refractivity contribution in [2.24, 2.45) is 0 Å². The van der Waals surface area contributed by atoms with Crippen molar-refractivity contribution in [1.29, 1.82) is 0 Å². The maximum Gasteiger partial charge on any atom is 0.314 e. The van der Waals surface area contributed by atoms with E-state index in [1.54, 1.807) is 25.3 Å². The molecule has 0 saturated carbocycles. The number of hydrogen-bond acceptors (Lipinski definition) is 5. The minimum atomic E-state index is -4.01. The van der Waals surface area contributed by atoms with Crippen LogP contribution in [0.15, 0.2) is 69.2 Å². The lowest BCUT2D eigenvalue weighted by molar-refractivity contribution is 0.600. The predicted octanol–water partition coefficient (Wildman–Crippen LogP) is 3.52. The zero-order chi connectivity index (χ0) is 23.3. The van der Waals surface area contributed by atoms with Crippen molar-refractivity contribution >= 4 is 49.2 Å². The van der Waals surface area contributed by atoms with Gasteiger partial charge in [-0.2, -0.15) is 5.10 Å². The Morgan fingerprint density at radius 3 is 2.36 bits per heavy atom. The molecule has 9 nitrogen and oxygen atoms in total. The van der Waals surface area contributed by atoms with Crippen molar-refractivity contribution in [2.75, 3.05) is 4.72 Å². The minimum Gasteiger partial charge on any atom is -0.316 e. The zero-order valence-electron chi connectivity index (χ0n) is 17.1.